The summed E-state index contributed by atoms with van der Waals surface area (Å²) in [5.74, 6) is 0.0720. The molecule has 2 rings (SSSR count). The van der Waals surface area contributed by atoms with Crippen LogP contribution in [0.25, 0.3) is 0 Å². The van der Waals surface area contributed by atoms with Crippen molar-refractivity contribution in [3.05, 3.63) is 35.4 Å². The van der Waals surface area contributed by atoms with Crippen LogP contribution in [0.5, 0.6) is 0 Å². The highest BCUT2D eigenvalue weighted by Gasteiger charge is 2.29. The zero-order valence-electron chi connectivity index (χ0n) is 11.8. The second-order valence-electron chi connectivity index (χ2n) is 5.20. The normalized spacial score (nSPS) is 18.1. The summed E-state index contributed by atoms with van der Waals surface area (Å²) in [6, 6.07) is 7.87. The van der Waals surface area contributed by atoms with Gasteiger partial charge in [-0.15, -0.1) is 0 Å². The summed E-state index contributed by atoms with van der Waals surface area (Å²) in [4.78, 5) is 24.8. The minimum Gasteiger partial charge on any atom is -0.352 e. The fourth-order valence-electron chi connectivity index (χ4n) is 2.73. The topological polar surface area (TPSA) is 75.4 Å². The Morgan fingerprint density at radius 1 is 1.45 bits per heavy atom. The molecule has 1 aromatic carbocycles. The number of primary amides is 1. The second-order valence-corrected chi connectivity index (χ2v) is 5.20. The molecule has 1 atom stereocenters. The highest BCUT2D eigenvalue weighted by Crippen LogP contribution is 2.32. The first-order valence-electron chi connectivity index (χ1n) is 6.97. The van der Waals surface area contributed by atoms with Crippen LogP contribution in [0.4, 0.5) is 4.79 Å². The molecule has 3 amide bonds. The lowest BCUT2D eigenvalue weighted by atomic mass is 10.0. The van der Waals surface area contributed by atoms with Crippen LogP contribution in [0.15, 0.2) is 24.3 Å². The molecule has 1 unspecified atom stereocenters. The summed E-state index contributed by atoms with van der Waals surface area (Å²) in [6.07, 6.45) is 2.32. The maximum absolute atomic E-state index is 12.2. The molecule has 0 bridgehead atoms. The number of nitrogens with one attached hydrogen (secondary N) is 1. The lowest BCUT2D eigenvalue weighted by Gasteiger charge is -2.25. The van der Waals surface area contributed by atoms with E-state index in [0.29, 0.717) is 13.0 Å². The van der Waals surface area contributed by atoms with E-state index in [-0.39, 0.29) is 11.9 Å². The monoisotopic (exact) mass is 275 g/mol. The van der Waals surface area contributed by atoms with Gasteiger partial charge >= 0.3 is 6.03 Å². The zero-order valence-corrected chi connectivity index (χ0v) is 11.8. The summed E-state index contributed by atoms with van der Waals surface area (Å²) in [6.45, 7) is 3.14. The third-order valence-electron chi connectivity index (χ3n) is 3.64. The molecule has 108 valence electrons. The van der Waals surface area contributed by atoms with Crippen LogP contribution in [0, 0.1) is 6.92 Å². The largest absolute Gasteiger partial charge is 0.352 e. The molecular formula is C15H21N3O2. The molecule has 1 aliphatic heterocycles. The van der Waals surface area contributed by atoms with E-state index < -0.39 is 6.03 Å². The molecule has 1 fully saturated rings. The Balaban J connectivity index is 2.00. The fourth-order valence-corrected chi connectivity index (χ4v) is 2.73. The first-order chi connectivity index (χ1) is 9.58. The average Bonchev–Trinajstić information content (AvgIpc) is 2.87. The van der Waals surface area contributed by atoms with Crippen LogP contribution in [0.2, 0.25) is 0 Å². The van der Waals surface area contributed by atoms with Crippen molar-refractivity contribution in [2.75, 3.05) is 13.1 Å². The van der Waals surface area contributed by atoms with Crippen LogP contribution in [-0.4, -0.2) is 29.9 Å². The number of carbonyl (C=O) groups is 2. The van der Waals surface area contributed by atoms with E-state index in [4.69, 9.17) is 5.73 Å². The van der Waals surface area contributed by atoms with E-state index in [0.717, 1.165) is 19.4 Å². The SMILES string of the molecule is Cc1cccc(C2CCCN2C(=O)CCNC(N)=O)c1. The number of hydrogen-bond donors (Lipinski definition) is 2. The van der Waals surface area contributed by atoms with Crippen LogP contribution < -0.4 is 11.1 Å². The summed E-state index contributed by atoms with van der Waals surface area (Å²) in [7, 11) is 0. The summed E-state index contributed by atoms with van der Waals surface area (Å²) in [5, 5.41) is 2.45. The maximum atomic E-state index is 12.2. The van der Waals surface area contributed by atoms with Crippen molar-refractivity contribution < 1.29 is 9.59 Å². The first kappa shape index (κ1) is 14.4. The Hall–Kier alpha value is -2.04. The Bertz CT molecular complexity index is 502. The van der Waals surface area contributed by atoms with Crippen molar-refractivity contribution in [3.63, 3.8) is 0 Å². The van der Waals surface area contributed by atoms with Crippen molar-refractivity contribution in [1.29, 1.82) is 0 Å². The Labute approximate surface area is 119 Å². The van der Waals surface area contributed by atoms with Gasteiger partial charge in [0.1, 0.15) is 0 Å². The van der Waals surface area contributed by atoms with Crippen molar-refractivity contribution >= 4 is 11.9 Å². The first-order valence-corrected chi connectivity index (χ1v) is 6.97. The molecule has 0 saturated carbocycles. The third kappa shape index (κ3) is 3.50. The van der Waals surface area contributed by atoms with E-state index in [9.17, 15) is 9.59 Å². The van der Waals surface area contributed by atoms with Crippen molar-refractivity contribution in [3.8, 4) is 0 Å². The van der Waals surface area contributed by atoms with Gasteiger partial charge in [0.25, 0.3) is 0 Å². The molecule has 1 aromatic rings. The van der Waals surface area contributed by atoms with Gasteiger partial charge in [-0.05, 0) is 25.3 Å². The van der Waals surface area contributed by atoms with E-state index in [1.165, 1.54) is 11.1 Å². The quantitative estimate of drug-likeness (QED) is 0.877. The molecule has 1 heterocycles. The molecule has 0 aromatic heterocycles. The Morgan fingerprint density at radius 2 is 2.25 bits per heavy atom. The van der Waals surface area contributed by atoms with E-state index in [2.05, 4.69) is 30.4 Å². The van der Waals surface area contributed by atoms with Crippen LogP contribution in [0.3, 0.4) is 0 Å². The smallest absolute Gasteiger partial charge is 0.312 e. The molecule has 0 aliphatic carbocycles. The maximum Gasteiger partial charge on any atom is 0.312 e. The van der Waals surface area contributed by atoms with Gasteiger partial charge in [0, 0.05) is 19.5 Å². The number of hydrogen-bond acceptors (Lipinski definition) is 2. The minimum atomic E-state index is -0.588. The average molecular weight is 275 g/mol. The molecule has 0 spiro atoms. The van der Waals surface area contributed by atoms with Gasteiger partial charge in [-0.2, -0.15) is 0 Å². The highest BCUT2D eigenvalue weighted by molar-refractivity contribution is 5.78. The lowest BCUT2D eigenvalue weighted by molar-refractivity contribution is -0.132. The van der Waals surface area contributed by atoms with E-state index in [1.807, 2.05) is 11.0 Å². The van der Waals surface area contributed by atoms with Gasteiger partial charge in [0.2, 0.25) is 5.91 Å². The van der Waals surface area contributed by atoms with Crippen molar-refractivity contribution in [2.24, 2.45) is 5.73 Å². The van der Waals surface area contributed by atoms with Crippen LogP contribution >= 0.6 is 0 Å². The minimum absolute atomic E-state index is 0.0720. The summed E-state index contributed by atoms with van der Waals surface area (Å²) >= 11 is 0. The van der Waals surface area contributed by atoms with Gasteiger partial charge in [-0.3, -0.25) is 4.79 Å². The number of carbonyl (C=O) groups excluding carboxylic acids is 2. The van der Waals surface area contributed by atoms with Crippen molar-refractivity contribution in [2.45, 2.75) is 32.2 Å². The molecule has 3 N–H and O–H groups in total. The molecule has 5 nitrogen and oxygen atoms in total. The van der Waals surface area contributed by atoms with Gasteiger partial charge in [-0.25, -0.2) is 4.79 Å². The number of benzene rings is 1. The highest BCUT2D eigenvalue weighted by atomic mass is 16.2. The van der Waals surface area contributed by atoms with Crippen LogP contribution in [-0.2, 0) is 4.79 Å². The molecule has 0 radical (unpaired) electrons. The number of likely N-dealkylation sites (tertiary alicyclic amines) is 1. The van der Waals surface area contributed by atoms with Crippen LogP contribution in [0.1, 0.15) is 36.4 Å². The predicted molar refractivity (Wildman–Crippen MR) is 77.1 cm³/mol. The van der Waals surface area contributed by atoms with Gasteiger partial charge in [0.05, 0.1) is 6.04 Å². The summed E-state index contributed by atoms with van der Waals surface area (Å²) < 4.78 is 0. The third-order valence-corrected chi connectivity index (χ3v) is 3.64. The van der Waals surface area contributed by atoms with Crippen molar-refractivity contribution in [1.82, 2.24) is 10.2 Å². The Kier molecular flexibility index (Phi) is 4.61. The molecule has 1 aliphatic rings. The molecular weight excluding hydrogens is 254 g/mol. The van der Waals surface area contributed by atoms with Gasteiger partial charge < -0.3 is 16.0 Å². The predicted octanol–water partition coefficient (Wildman–Crippen LogP) is 1.72. The van der Waals surface area contributed by atoms with Gasteiger partial charge in [-0.1, -0.05) is 29.8 Å². The number of nitrogens with two attached hydrogens (primary N) is 1. The number of nitrogens with zero attached hydrogens (tertiary/aromatic N) is 1. The second kappa shape index (κ2) is 6.41. The van der Waals surface area contributed by atoms with E-state index in [1.54, 1.807) is 0 Å². The van der Waals surface area contributed by atoms with E-state index >= 15 is 0 Å². The molecule has 20 heavy (non-hydrogen) atoms. The zero-order chi connectivity index (χ0) is 14.5. The molecule has 1 saturated heterocycles. The summed E-state index contributed by atoms with van der Waals surface area (Å²) in [5.41, 5.74) is 7.39. The standard InChI is InChI=1S/C15H21N3O2/c1-11-4-2-5-12(10-11)13-6-3-9-18(13)14(19)7-8-17-15(16)20/h2,4-5,10,13H,3,6-9H2,1H3,(H3,16,17,20). The number of aryl methyl sites for hydroxylation is 1. The lowest BCUT2D eigenvalue weighted by Crippen LogP contribution is -2.36. The Morgan fingerprint density at radius 3 is 2.95 bits per heavy atom. The number of amides is 3. The molecule has 5 heteroatoms. The number of urea groups is 1. The fraction of sp³-hybridized carbons (Fsp3) is 0.467. The number of rotatable bonds is 4. The van der Waals surface area contributed by atoms with Gasteiger partial charge in [0.15, 0.2) is 0 Å².